The van der Waals surface area contributed by atoms with Gasteiger partial charge in [-0.15, -0.1) is 6.58 Å². The monoisotopic (exact) mass is 203 g/mol. The quantitative estimate of drug-likeness (QED) is 0.405. The van der Waals surface area contributed by atoms with Gasteiger partial charge >= 0.3 is 0 Å². The van der Waals surface area contributed by atoms with Gasteiger partial charge in [0.05, 0.1) is 0 Å². The number of rotatable bonds is 6. The lowest BCUT2D eigenvalue weighted by atomic mass is 10.3. The summed E-state index contributed by atoms with van der Waals surface area (Å²) < 4.78 is 0.894. The van der Waals surface area contributed by atoms with Gasteiger partial charge in [0.25, 0.3) is 0 Å². The maximum atomic E-state index is 5.07. The van der Waals surface area contributed by atoms with Crippen LogP contribution >= 0.6 is 24.0 Å². The normalized spacial score (nSPS) is 9.42. The molecule has 0 spiro atoms. The van der Waals surface area contributed by atoms with Crippen molar-refractivity contribution in [3.8, 4) is 0 Å². The molecule has 0 aliphatic carbocycles. The Morgan fingerprint density at radius 2 is 2.33 bits per heavy atom. The van der Waals surface area contributed by atoms with Crippen LogP contribution in [0.2, 0.25) is 0 Å². The van der Waals surface area contributed by atoms with Crippen LogP contribution in [0, 0.1) is 0 Å². The van der Waals surface area contributed by atoms with Gasteiger partial charge in [-0.3, -0.25) is 0 Å². The van der Waals surface area contributed by atoms with Crippen molar-refractivity contribution in [2.45, 2.75) is 26.2 Å². The van der Waals surface area contributed by atoms with E-state index in [1.54, 1.807) is 11.8 Å². The number of thiocarbonyl (C=S) groups is 1. The maximum absolute atomic E-state index is 5.07. The molecule has 0 aromatic carbocycles. The minimum atomic E-state index is 0.777. The summed E-state index contributed by atoms with van der Waals surface area (Å²) in [5.41, 5.74) is 0. The Bertz CT molecular complexity index is 134. The van der Waals surface area contributed by atoms with E-state index >= 15 is 0 Å². The lowest BCUT2D eigenvalue weighted by Crippen LogP contribution is -2.18. The Labute approximate surface area is 85.0 Å². The summed E-state index contributed by atoms with van der Waals surface area (Å²) in [6, 6.07) is 0. The third kappa shape index (κ3) is 8.08. The molecule has 0 unspecified atom stereocenters. The molecular formula is C9H17NS2. The SMILES string of the molecule is C=CCNC(=S)SCCCCC. The van der Waals surface area contributed by atoms with Gasteiger partial charge in [-0.1, -0.05) is 49.8 Å². The van der Waals surface area contributed by atoms with Gasteiger partial charge in [-0.25, -0.2) is 0 Å². The summed E-state index contributed by atoms with van der Waals surface area (Å²) in [5.74, 6) is 1.14. The summed E-state index contributed by atoms with van der Waals surface area (Å²) in [5, 5.41) is 3.09. The van der Waals surface area contributed by atoms with Crippen LogP contribution in [0.25, 0.3) is 0 Å². The maximum Gasteiger partial charge on any atom is 0.134 e. The second-order valence-electron chi connectivity index (χ2n) is 2.51. The zero-order chi connectivity index (χ0) is 9.23. The van der Waals surface area contributed by atoms with Crippen molar-refractivity contribution < 1.29 is 0 Å². The van der Waals surface area contributed by atoms with Crippen molar-refractivity contribution in [3.05, 3.63) is 12.7 Å². The summed E-state index contributed by atoms with van der Waals surface area (Å²) in [6.07, 6.45) is 5.65. The Morgan fingerprint density at radius 1 is 1.58 bits per heavy atom. The topological polar surface area (TPSA) is 12.0 Å². The second kappa shape index (κ2) is 9.07. The van der Waals surface area contributed by atoms with Gasteiger partial charge in [0.2, 0.25) is 0 Å². The Hall–Kier alpha value is -0.0200. The fourth-order valence-electron chi connectivity index (χ4n) is 0.723. The number of unbranched alkanes of at least 4 members (excludes halogenated alkanes) is 2. The molecule has 0 aliphatic rings. The molecule has 1 N–H and O–H groups in total. The van der Waals surface area contributed by atoms with Gasteiger partial charge in [0.15, 0.2) is 0 Å². The first-order chi connectivity index (χ1) is 5.81. The van der Waals surface area contributed by atoms with Gasteiger partial charge in [-0.05, 0) is 6.42 Å². The molecule has 1 nitrogen and oxygen atoms in total. The van der Waals surface area contributed by atoms with Crippen LogP contribution in [0.3, 0.4) is 0 Å². The third-order valence-corrected chi connectivity index (χ3v) is 2.77. The highest BCUT2D eigenvalue weighted by atomic mass is 32.2. The Balaban J connectivity index is 3.13. The largest absolute Gasteiger partial charge is 0.368 e. The highest BCUT2D eigenvalue weighted by molar-refractivity contribution is 8.22. The van der Waals surface area contributed by atoms with E-state index in [9.17, 15) is 0 Å². The predicted molar refractivity (Wildman–Crippen MR) is 62.8 cm³/mol. The highest BCUT2D eigenvalue weighted by Gasteiger charge is 1.94. The standard InChI is InChI=1S/C9H17NS2/c1-3-5-6-8-12-9(11)10-7-4-2/h4H,2-3,5-8H2,1H3,(H,10,11). The first-order valence-corrected chi connectivity index (χ1v) is 5.72. The number of thioether (sulfide) groups is 1. The van der Waals surface area contributed by atoms with Crippen molar-refractivity contribution in [1.29, 1.82) is 0 Å². The van der Waals surface area contributed by atoms with Gasteiger partial charge in [0.1, 0.15) is 4.32 Å². The average Bonchev–Trinajstić information content (AvgIpc) is 2.09. The van der Waals surface area contributed by atoms with Crippen molar-refractivity contribution in [1.82, 2.24) is 5.32 Å². The molecule has 0 radical (unpaired) electrons. The second-order valence-corrected chi connectivity index (χ2v) is 4.28. The average molecular weight is 203 g/mol. The Kier molecular flexibility index (Phi) is 9.06. The van der Waals surface area contributed by atoms with Crippen molar-refractivity contribution in [2.75, 3.05) is 12.3 Å². The van der Waals surface area contributed by atoms with E-state index in [0.29, 0.717) is 0 Å². The molecule has 3 heteroatoms. The Morgan fingerprint density at radius 3 is 2.92 bits per heavy atom. The molecule has 0 rings (SSSR count). The van der Waals surface area contributed by atoms with E-state index in [4.69, 9.17) is 12.2 Å². The third-order valence-electron chi connectivity index (χ3n) is 1.37. The molecular weight excluding hydrogens is 186 g/mol. The van der Waals surface area contributed by atoms with Crippen molar-refractivity contribution in [2.24, 2.45) is 0 Å². The van der Waals surface area contributed by atoms with E-state index in [-0.39, 0.29) is 0 Å². The molecule has 0 atom stereocenters. The first kappa shape index (κ1) is 12.0. The molecule has 0 saturated heterocycles. The molecule has 0 aliphatic heterocycles. The summed E-state index contributed by atoms with van der Waals surface area (Å²) in [7, 11) is 0. The molecule has 0 heterocycles. The molecule has 0 amide bonds. The van der Waals surface area contributed by atoms with Crippen LogP contribution in [-0.4, -0.2) is 16.6 Å². The minimum Gasteiger partial charge on any atom is -0.368 e. The van der Waals surface area contributed by atoms with E-state index in [1.807, 2.05) is 6.08 Å². The zero-order valence-corrected chi connectivity index (χ0v) is 9.27. The highest BCUT2D eigenvalue weighted by Crippen LogP contribution is 2.06. The van der Waals surface area contributed by atoms with Gasteiger partial charge in [-0.2, -0.15) is 0 Å². The van der Waals surface area contributed by atoms with Crippen LogP contribution in [0.15, 0.2) is 12.7 Å². The summed E-state index contributed by atoms with van der Waals surface area (Å²) in [6.45, 7) is 6.60. The zero-order valence-electron chi connectivity index (χ0n) is 7.64. The van der Waals surface area contributed by atoms with Crippen molar-refractivity contribution >= 4 is 28.3 Å². The minimum absolute atomic E-state index is 0.777. The van der Waals surface area contributed by atoms with Crippen LogP contribution in [-0.2, 0) is 0 Å². The van der Waals surface area contributed by atoms with E-state index in [2.05, 4.69) is 18.8 Å². The lowest BCUT2D eigenvalue weighted by molar-refractivity contribution is 0.779. The van der Waals surface area contributed by atoms with Crippen LogP contribution < -0.4 is 5.32 Å². The lowest BCUT2D eigenvalue weighted by Gasteiger charge is -2.03. The van der Waals surface area contributed by atoms with Gasteiger partial charge < -0.3 is 5.32 Å². The van der Waals surface area contributed by atoms with E-state index in [0.717, 1.165) is 16.6 Å². The molecule has 0 bridgehead atoms. The fraction of sp³-hybridized carbons (Fsp3) is 0.667. The first-order valence-electron chi connectivity index (χ1n) is 4.32. The molecule has 70 valence electrons. The fourth-order valence-corrected chi connectivity index (χ4v) is 1.78. The van der Waals surface area contributed by atoms with Gasteiger partial charge in [0, 0.05) is 12.3 Å². The molecule has 0 aromatic rings. The van der Waals surface area contributed by atoms with Crippen LogP contribution in [0.1, 0.15) is 26.2 Å². The van der Waals surface area contributed by atoms with Crippen LogP contribution in [0.4, 0.5) is 0 Å². The molecule has 0 fully saturated rings. The number of hydrogen-bond acceptors (Lipinski definition) is 2. The number of hydrogen-bond donors (Lipinski definition) is 1. The summed E-state index contributed by atoms with van der Waals surface area (Å²) in [4.78, 5) is 0. The summed E-state index contributed by atoms with van der Waals surface area (Å²) >= 11 is 6.80. The number of nitrogens with one attached hydrogen (secondary N) is 1. The predicted octanol–water partition coefficient (Wildman–Crippen LogP) is 2.97. The molecule has 0 saturated carbocycles. The molecule has 0 aromatic heterocycles. The van der Waals surface area contributed by atoms with E-state index < -0.39 is 0 Å². The van der Waals surface area contributed by atoms with E-state index in [1.165, 1.54) is 19.3 Å². The van der Waals surface area contributed by atoms with Crippen LogP contribution in [0.5, 0.6) is 0 Å². The smallest absolute Gasteiger partial charge is 0.134 e. The molecule has 12 heavy (non-hydrogen) atoms. The van der Waals surface area contributed by atoms with Crippen molar-refractivity contribution in [3.63, 3.8) is 0 Å².